The first-order valence-electron chi connectivity index (χ1n) is 6.45. The number of nitrogens with zero attached hydrogens (tertiary/aromatic N) is 1. The molecule has 0 unspecified atom stereocenters. The highest BCUT2D eigenvalue weighted by Crippen LogP contribution is 2.02. The van der Waals surface area contributed by atoms with Crippen LogP contribution in [-0.2, 0) is 14.4 Å². The molecule has 18 heavy (non-hydrogen) atoms. The fraction of sp³-hybridized carbons (Fsp3) is 0.615. The van der Waals surface area contributed by atoms with Crippen molar-refractivity contribution >= 4 is 17.7 Å². The van der Waals surface area contributed by atoms with E-state index in [2.05, 4.69) is 12.2 Å². The summed E-state index contributed by atoms with van der Waals surface area (Å²) in [5, 5.41) is 2.67. The smallest absolute Gasteiger partial charge is 0.254 e. The topological polar surface area (TPSA) is 66.5 Å². The molecule has 0 spiro atoms. The number of nitrogens with one attached hydrogen (secondary N) is 1. The summed E-state index contributed by atoms with van der Waals surface area (Å²) in [5.41, 5.74) is 0. The van der Waals surface area contributed by atoms with Gasteiger partial charge in [-0.25, -0.2) is 0 Å². The molecule has 3 amide bonds. The molecule has 1 rings (SSSR count). The summed E-state index contributed by atoms with van der Waals surface area (Å²) < 4.78 is 0. The van der Waals surface area contributed by atoms with E-state index in [1.807, 2.05) is 13.8 Å². The van der Waals surface area contributed by atoms with Crippen molar-refractivity contribution in [2.45, 2.75) is 40.0 Å². The van der Waals surface area contributed by atoms with Gasteiger partial charge in [0.25, 0.3) is 11.8 Å². The van der Waals surface area contributed by atoms with Crippen molar-refractivity contribution in [3.63, 3.8) is 0 Å². The second-order valence-corrected chi connectivity index (χ2v) is 3.65. The largest absolute Gasteiger partial charge is 0.355 e. The van der Waals surface area contributed by atoms with Gasteiger partial charge < -0.3 is 5.32 Å². The first-order valence-corrected chi connectivity index (χ1v) is 6.45. The highest BCUT2D eigenvalue weighted by atomic mass is 16.2. The van der Waals surface area contributed by atoms with Crippen LogP contribution < -0.4 is 5.32 Å². The molecule has 0 aliphatic carbocycles. The molecular weight excluding hydrogens is 232 g/mol. The predicted octanol–water partition coefficient (Wildman–Crippen LogP) is 1.24. The van der Waals surface area contributed by atoms with Crippen molar-refractivity contribution in [2.75, 3.05) is 13.1 Å². The summed E-state index contributed by atoms with van der Waals surface area (Å²) in [6, 6.07) is 0. The van der Waals surface area contributed by atoms with Crippen LogP contribution in [0.2, 0.25) is 0 Å². The van der Waals surface area contributed by atoms with Crippen LogP contribution in [0.25, 0.3) is 0 Å². The predicted molar refractivity (Wildman–Crippen MR) is 69.7 cm³/mol. The number of unbranched alkanes of at least 4 members (excludes halogenated alkanes) is 2. The maximum Gasteiger partial charge on any atom is 0.254 e. The Hall–Kier alpha value is -1.65. The van der Waals surface area contributed by atoms with Gasteiger partial charge in [0.2, 0.25) is 5.91 Å². The van der Waals surface area contributed by atoms with Crippen LogP contribution >= 0.6 is 0 Å². The second-order valence-electron chi connectivity index (χ2n) is 3.65. The van der Waals surface area contributed by atoms with Gasteiger partial charge in [0.15, 0.2) is 0 Å². The SMILES string of the molecule is CC.CCCCCNC(=O)CN1C(=O)C=CC1=O. The third kappa shape index (κ3) is 5.61. The lowest BCUT2D eigenvalue weighted by Crippen LogP contribution is -2.40. The van der Waals surface area contributed by atoms with Crippen LogP contribution in [0, 0.1) is 0 Å². The molecule has 1 N–H and O–H groups in total. The van der Waals surface area contributed by atoms with Crippen LogP contribution in [0.5, 0.6) is 0 Å². The van der Waals surface area contributed by atoms with Crippen molar-refractivity contribution in [3.8, 4) is 0 Å². The summed E-state index contributed by atoms with van der Waals surface area (Å²) in [6.07, 6.45) is 5.41. The molecular formula is C13H22N2O3. The summed E-state index contributed by atoms with van der Waals surface area (Å²) in [4.78, 5) is 34.6. The Morgan fingerprint density at radius 3 is 2.22 bits per heavy atom. The summed E-state index contributed by atoms with van der Waals surface area (Å²) in [5.74, 6) is -1.14. The average Bonchev–Trinajstić information content (AvgIpc) is 2.69. The van der Waals surface area contributed by atoms with Gasteiger partial charge in [0.1, 0.15) is 6.54 Å². The first kappa shape index (κ1) is 16.4. The van der Waals surface area contributed by atoms with Crippen molar-refractivity contribution in [1.29, 1.82) is 0 Å². The molecule has 0 aromatic rings. The van der Waals surface area contributed by atoms with Gasteiger partial charge in [-0.1, -0.05) is 33.6 Å². The lowest BCUT2D eigenvalue weighted by atomic mass is 10.2. The van der Waals surface area contributed by atoms with Gasteiger partial charge >= 0.3 is 0 Å². The number of carbonyl (C=O) groups excluding carboxylic acids is 3. The number of carbonyl (C=O) groups is 3. The molecule has 102 valence electrons. The van der Waals surface area contributed by atoms with Crippen molar-refractivity contribution < 1.29 is 14.4 Å². The zero-order valence-corrected chi connectivity index (χ0v) is 11.4. The van der Waals surface area contributed by atoms with Crippen LogP contribution in [0.4, 0.5) is 0 Å². The molecule has 0 radical (unpaired) electrons. The monoisotopic (exact) mass is 254 g/mol. The third-order valence-electron chi connectivity index (χ3n) is 2.30. The molecule has 1 aliphatic rings. The highest BCUT2D eigenvalue weighted by Gasteiger charge is 2.25. The quantitative estimate of drug-likeness (QED) is 0.573. The Kier molecular flexibility index (Phi) is 8.53. The number of hydrogen-bond donors (Lipinski definition) is 1. The zero-order chi connectivity index (χ0) is 14.0. The second kappa shape index (κ2) is 9.39. The Morgan fingerprint density at radius 1 is 1.17 bits per heavy atom. The minimum absolute atomic E-state index is 0.184. The number of rotatable bonds is 6. The van der Waals surface area contributed by atoms with E-state index in [1.165, 1.54) is 12.2 Å². The first-order chi connectivity index (χ1) is 8.65. The van der Waals surface area contributed by atoms with E-state index in [4.69, 9.17) is 0 Å². The normalized spacial score (nSPS) is 13.4. The van der Waals surface area contributed by atoms with Gasteiger partial charge in [0, 0.05) is 18.7 Å². The summed E-state index contributed by atoms with van der Waals surface area (Å²) >= 11 is 0. The Balaban J connectivity index is 0.00000137. The fourth-order valence-electron chi connectivity index (χ4n) is 1.39. The van der Waals surface area contributed by atoms with E-state index in [-0.39, 0.29) is 12.5 Å². The van der Waals surface area contributed by atoms with Gasteiger partial charge in [-0.05, 0) is 6.42 Å². The van der Waals surface area contributed by atoms with E-state index in [0.717, 1.165) is 24.2 Å². The average molecular weight is 254 g/mol. The maximum absolute atomic E-state index is 11.4. The maximum atomic E-state index is 11.4. The van der Waals surface area contributed by atoms with E-state index in [1.54, 1.807) is 0 Å². The van der Waals surface area contributed by atoms with Crippen LogP contribution in [0.3, 0.4) is 0 Å². The van der Waals surface area contributed by atoms with Crippen molar-refractivity contribution in [1.82, 2.24) is 10.2 Å². The molecule has 1 aliphatic heterocycles. The Labute approximate surface area is 108 Å². The molecule has 0 bridgehead atoms. The van der Waals surface area contributed by atoms with Gasteiger partial charge in [-0.3, -0.25) is 19.3 Å². The number of imide groups is 1. The molecule has 5 heteroatoms. The summed E-state index contributed by atoms with van der Waals surface area (Å²) in [6.45, 7) is 6.49. The molecule has 0 saturated carbocycles. The van der Waals surface area contributed by atoms with E-state index < -0.39 is 11.8 Å². The lowest BCUT2D eigenvalue weighted by molar-refractivity contribution is -0.141. The van der Waals surface area contributed by atoms with Crippen molar-refractivity contribution in [2.24, 2.45) is 0 Å². The van der Waals surface area contributed by atoms with Crippen LogP contribution in [-0.4, -0.2) is 35.7 Å². The third-order valence-corrected chi connectivity index (χ3v) is 2.30. The summed E-state index contributed by atoms with van der Waals surface area (Å²) in [7, 11) is 0. The van der Waals surface area contributed by atoms with E-state index in [9.17, 15) is 14.4 Å². The molecule has 0 fully saturated rings. The van der Waals surface area contributed by atoms with Crippen LogP contribution in [0.15, 0.2) is 12.2 Å². The zero-order valence-electron chi connectivity index (χ0n) is 11.4. The number of hydrogen-bond acceptors (Lipinski definition) is 3. The minimum Gasteiger partial charge on any atom is -0.355 e. The Morgan fingerprint density at radius 2 is 1.72 bits per heavy atom. The standard InChI is InChI=1S/C11H16N2O3.C2H6/c1-2-3-4-7-12-9(14)8-13-10(15)5-6-11(13)16;1-2/h5-6H,2-4,7-8H2,1H3,(H,12,14);1-2H3. The molecule has 5 nitrogen and oxygen atoms in total. The van der Waals surface area contributed by atoms with E-state index in [0.29, 0.717) is 6.54 Å². The highest BCUT2D eigenvalue weighted by molar-refractivity contribution is 6.14. The van der Waals surface area contributed by atoms with E-state index >= 15 is 0 Å². The molecule has 1 heterocycles. The van der Waals surface area contributed by atoms with Gasteiger partial charge in [-0.2, -0.15) is 0 Å². The Bertz CT molecular complexity index is 306. The van der Waals surface area contributed by atoms with Crippen molar-refractivity contribution in [3.05, 3.63) is 12.2 Å². The molecule has 0 aromatic heterocycles. The van der Waals surface area contributed by atoms with Gasteiger partial charge in [0.05, 0.1) is 0 Å². The lowest BCUT2D eigenvalue weighted by Gasteiger charge is -2.13. The molecule has 0 atom stereocenters. The molecule has 0 aromatic carbocycles. The van der Waals surface area contributed by atoms with Gasteiger partial charge in [-0.15, -0.1) is 0 Å². The minimum atomic E-state index is -0.422. The van der Waals surface area contributed by atoms with Crippen LogP contribution in [0.1, 0.15) is 40.0 Å². The molecule has 0 saturated heterocycles. The fourth-order valence-corrected chi connectivity index (χ4v) is 1.39. The number of amides is 3.